The zero-order valence-corrected chi connectivity index (χ0v) is 12.3. The summed E-state index contributed by atoms with van der Waals surface area (Å²) in [5, 5.41) is 9.60. The van der Waals surface area contributed by atoms with Crippen LogP contribution in [-0.4, -0.2) is 40.4 Å². The summed E-state index contributed by atoms with van der Waals surface area (Å²) in [6.45, 7) is 3.28. The number of hydrogen-bond acceptors (Lipinski definition) is 5. The number of aryl methyl sites for hydroxylation is 1. The molecule has 1 saturated heterocycles. The summed E-state index contributed by atoms with van der Waals surface area (Å²) in [6.07, 6.45) is 3.28. The van der Waals surface area contributed by atoms with E-state index >= 15 is 0 Å². The molecule has 22 heavy (non-hydrogen) atoms. The van der Waals surface area contributed by atoms with Crippen LogP contribution in [0, 0.1) is 0 Å². The Morgan fingerprint density at radius 2 is 2.45 bits per heavy atom. The number of nitrogens with zero attached hydrogens (tertiary/aromatic N) is 2. The third-order valence-corrected chi connectivity index (χ3v) is 3.41. The van der Waals surface area contributed by atoms with Crippen LogP contribution in [0.1, 0.15) is 29.5 Å². The normalized spacial score (nSPS) is 17.4. The zero-order valence-electron chi connectivity index (χ0n) is 12.3. The monoisotopic (exact) mass is 302 g/mol. The molecule has 1 unspecified atom stereocenters. The molecule has 0 radical (unpaired) electrons. The Morgan fingerprint density at radius 1 is 1.55 bits per heavy atom. The molecule has 0 spiro atoms. The molecule has 1 atom stereocenters. The van der Waals surface area contributed by atoms with Crippen LogP contribution in [0.25, 0.3) is 0 Å². The van der Waals surface area contributed by atoms with Crippen molar-refractivity contribution in [1.29, 1.82) is 0 Å². The molecular weight excluding hydrogens is 284 g/mol. The van der Waals surface area contributed by atoms with Gasteiger partial charge in [-0.2, -0.15) is 5.10 Å². The number of aromatic nitrogens is 3. The van der Waals surface area contributed by atoms with Gasteiger partial charge >= 0.3 is 0 Å². The van der Waals surface area contributed by atoms with E-state index in [9.17, 15) is 4.79 Å². The first-order chi connectivity index (χ1) is 10.7. The Labute approximate surface area is 128 Å². The molecule has 0 bridgehead atoms. The van der Waals surface area contributed by atoms with Crippen molar-refractivity contribution in [3.05, 3.63) is 35.8 Å². The molecule has 0 aromatic carbocycles. The number of hydrogen-bond donors (Lipinski definition) is 2. The van der Waals surface area contributed by atoms with Crippen molar-refractivity contribution in [2.24, 2.45) is 0 Å². The molecule has 1 amide bonds. The Bertz CT molecular complexity index is 650. The molecule has 1 fully saturated rings. The molecule has 2 aromatic rings. The molecule has 1 aliphatic rings. The molecule has 0 saturated carbocycles. The van der Waals surface area contributed by atoms with Gasteiger partial charge in [0.2, 0.25) is 5.88 Å². The van der Waals surface area contributed by atoms with Gasteiger partial charge in [0.1, 0.15) is 6.10 Å². The number of H-pyrrole nitrogens is 1. The van der Waals surface area contributed by atoms with Gasteiger partial charge in [-0.15, -0.1) is 0 Å². The van der Waals surface area contributed by atoms with Crippen molar-refractivity contribution in [3.8, 4) is 5.88 Å². The molecule has 7 heteroatoms. The number of anilines is 1. The smallest absolute Gasteiger partial charge is 0.276 e. The average Bonchev–Trinajstić information content (AvgIpc) is 3.18. The van der Waals surface area contributed by atoms with Gasteiger partial charge in [-0.3, -0.25) is 9.89 Å². The molecule has 0 aliphatic carbocycles. The second kappa shape index (κ2) is 6.57. The maximum atomic E-state index is 12.1. The van der Waals surface area contributed by atoms with Gasteiger partial charge in [-0.25, -0.2) is 4.98 Å². The van der Waals surface area contributed by atoms with Gasteiger partial charge in [0, 0.05) is 30.1 Å². The van der Waals surface area contributed by atoms with Crippen LogP contribution >= 0.6 is 0 Å². The van der Waals surface area contributed by atoms with E-state index in [0.29, 0.717) is 30.5 Å². The van der Waals surface area contributed by atoms with Crippen LogP contribution in [0.4, 0.5) is 5.69 Å². The lowest BCUT2D eigenvalue weighted by atomic mass is 10.3. The van der Waals surface area contributed by atoms with Gasteiger partial charge in [-0.1, -0.05) is 6.92 Å². The van der Waals surface area contributed by atoms with Crippen molar-refractivity contribution in [1.82, 2.24) is 15.2 Å². The maximum Gasteiger partial charge on any atom is 0.276 e. The van der Waals surface area contributed by atoms with Gasteiger partial charge in [-0.05, 0) is 18.6 Å². The van der Waals surface area contributed by atoms with Crippen LogP contribution in [0.15, 0.2) is 24.4 Å². The highest BCUT2D eigenvalue weighted by atomic mass is 16.5. The van der Waals surface area contributed by atoms with E-state index in [1.807, 2.05) is 6.92 Å². The summed E-state index contributed by atoms with van der Waals surface area (Å²) < 4.78 is 11.0. The minimum atomic E-state index is -0.266. The summed E-state index contributed by atoms with van der Waals surface area (Å²) in [6, 6.07) is 5.15. The second-order valence-electron chi connectivity index (χ2n) is 5.07. The molecule has 7 nitrogen and oxygen atoms in total. The van der Waals surface area contributed by atoms with Gasteiger partial charge in [0.05, 0.1) is 13.2 Å². The Morgan fingerprint density at radius 3 is 3.18 bits per heavy atom. The van der Waals surface area contributed by atoms with Crippen molar-refractivity contribution >= 4 is 11.6 Å². The van der Waals surface area contributed by atoms with Crippen molar-refractivity contribution in [2.45, 2.75) is 25.9 Å². The van der Waals surface area contributed by atoms with Gasteiger partial charge in [0.25, 0.3) is 5.91 Å². The minimum Gasteiger partial charge on any atom is -0.472 e. The number of nitrogens with one attached hydrogen (secondary N) is 2. The second-order valence-corrected chi connectivity index (χ2v) is 5.07. The van der Waals surface area contributed by atoms with Gasteiger partial charge < -0.3 is 14.8 Å². The highest BCUT2D eigenvalue weighted by Gasteiger charge is 2.18. The fourth-order valence-electron chi connectivity index (χ4n) is 2.18. The van der Waals surface area contributed by atoms with Crippen molar-refractivity contribution in [3.63, 3.8) is 0 Å². The molecule has 2 aromatic heterocycles. The molecule has 3 heterocycles. The largest absolute Gasteiger partial charge is 0.472 e. The number of amides is 1. The van der Waals surface area contributed by atoms with Crippen LogP contribution in [-0.2, 0) is 11.2 Å². The van der Waals surface area contributed by atoms with E-state index in [1.165, 1.54) is 0 Å². The molecular formula is C15H18N4O3. The average molecular weight is 302 g/mol. The molecule has 116 valence electrons. The number of carbonyl (C=O) groups excluding carboxylic acids is 1. The number of pyridine rings is 1. The summed E-state index contributed by atoms with van der Waals surface area (Å²) >= 11 is 0. The van der Waals surface area contributed by atoms with E-state index in [0.717, 1.165) is 18.5 Å². The standard InChI is InChI=1S/C15H18N4O3/c1-2-10-7-13(19-18-10)15(20)17-11-3-5-16-14(8-11)22-12-4-6-21-9-12/h3,5,7-8,12H,2,4,6,9H2,1H3,(H,18,19)(H,16,17,20). The van der Waals surface area contributed by atoms with Crippen molar-refractivity contribution in [2.75, 3.05) is 18.5 Å². The maximum absolute atomic E-state index is 12.1. The van der Waals surface area contributed by atoms with Crippen LogP contribution in [0.3, 0.4) is 0 Å². The third-order valence-electron chi connectivity index (χ3n) is 3.41. The first-order valence-electron chi connectivity index (χ1n) is 7.30. The summed E-state index contributed by atoms with van der Waals surface area (Å²) in [4.78, 5) is 16.3. The lowest BCUT2D eigenvalue weighted by molar-refractivity contribution is 0.102. The van der Waals surface area contributed by atoms with Crippen molar-refractivity contribution < 1.29 is 14.3 Å². The summed E-state index contributed by atoms with van der Waals surface area (Å²) in [5.74, 6) is 0.210. The van der Waals surface area contributed by atoms with E-state index in [2.05, 4.69) is 20.5 Å². The van der Waals surface area contributed by atoms with E-state index in [-0.39, 0.29) is 12.0 Å². The SMILES string of the molecule is CCc1cc(C(=O)Nc2ccnc(OC3CCOC3)c2)n[nH]1. The number of ether oxygens (including phenoxy) is 2. The first-order valence-corrected chi connectivity index (χ1v) is 7.30. The fraction of sp³-hybridized carbons (Fsp3) is 0.400. The fourth-order valence-corrected chi connectivity index (χ4v) is 2.18. The van der Waals surface area contributed by atoms with Gasteiger partial charge in [0.15, 0.2) is 5.69 Å². The zero-order chi connectivity index (χ0) is 15.4. The highest BCUT2D eigenvalue weighted by Crippen LogP contribution is 2.18. The van der Waals surface area contributed by atoms with Crippen LogP contribution in [0.2, 0.25) is 0 Å². The van der Waals surface area contributed by atoms with E-state index < -0.39 is 0 Å². The molecule has 1 aliphatic heterocycles. The lowest BCUT2D eigenvalue weighted by Crippen LogP contribution is -2.17. The first kappa shape index (κ1) is 14.5. The Balaban J connectivity index is 1.65. The lowest BCUT2D eigenvalue weighted by Gasteiger charge is -2.11. The minimum absolute atomic E-state index is 0.0249. The van der Waals surface area contributed by atoms with Crippen LogP contribution in [0.5, 0.6) is 5.88 Å². The molecule has 2 N–H and O–H groups in total. The quantitative estimate of drug-likeness (QED) is 0.879. The third kappa shape index (κ3) is 3.43. The Hall–Kier alpha value is -2.41. The van der Waals surface area contributed by atoms with E-state index in [1.54, 1.807) is 24.4 Å². The van der Waals surface area contributed by atoms with Crippen LogP contribution < -0.4 is 10.1 Å². The Kier molecular flexibility index (Phi) is 4.34. The molecule has 3 rings (SSSR count). The van der Waals surface area contributed by atoms with E-state index in [4.69, 9.17) is 9.47 Å². The summed E-state index contributed by atoms with van der Waals surface area (Å²) in [5.41, 5.74) is 1.90. The predicted octanol–water partition coefficient (Wildman–Crippen LogP) is 1.79. The number of carbonyl (C=O) groups is 1. The highest BCUT2D eigenvalue weighted by molar-refractivity contribution is 6.02. The number of aromatic amines is 1. The summed E-state index contributed by atoms with van der Waals surface area (Å²) in [7, 11) is 0. The topological polar surface area (TPSA) is 89.1 Å². The number of rotatable bonds is 5. The predicted molar refractivity (Wildman–Crippen MR) is 80.0 cm³/mol.